The maximum Gasteiger partial charge on any atom is 0.211 e. The van der Waals surface area contributed by atoms with Crippen molar-refractivity contribution in [2.45, 2.75) is 64.9 Å². The van der Waals surface area contributed by atoms with Crippen LogP contribution in [0.25, 0.3) is 0 Å². The highest BCUT2D eigenvalue weighted by Crippen LogP contribution is 2.20. The van der Waals surface area contributed by atoms with Gasteiger partial charge in [0.2, 0.25) is 10.0 Å². The molecule has 1 fully saturated rings. The van der Waals surface area contributed by atoms with Crippen LogP contribution in [0.5, 0.6) is 0 Å². The van der Waals surface area contributed by atoms with Crippen LogP contribution < -0.4 is 15.4 Å². The Kier molecular flexibility index (Phi) is 15.8. The second-order valence-electron chi connectivity index (χ2n) is 6.32. The summed E-state index contributed by atoms with van der Waals surface area (Å²) in [6.45, 7) is 7.07. The number of aliphatic imine (C=N–C) groups is 1. The molecule has 156 valence electrons. The Morgan fingerprint density at radius 3 is 2.46 bits per heavy atom. The maximum atomic E-state index is 11.3. The second kappa shape index (κ2) is 15.9. The Balaban J connectivity index is 0.00000625. The molecule has 0 spiro atoms. The highest BCUT2D eigenvalue weighted by Gasteiger charge is 2.12. The number of rotatable bonds is 12. The Morgan fingerprint density at radius 1 is 1.08 bits per heavy atom. The van der Waals surface area contributed by atoms with Crippen LogP contribution in [0.2, 0.25) is 0 Å². The van der Waals surface area contributed by atoms with E-state index in [1.165, 1.54) is 32.1 Å². The molecule has 1 aliphatic carbocycles. The molecule has 1 rings (SSSR count). The van der Waals surface area contributed by atoms with Crippen molar-refractivity contribution in [1.29, 1.82) is 0 Å². The SMILES string of the molecule is CCNC(=NCCCOC1CCCCC1)NCCCNS(=O)(=O)CC.I. The second-order valence-corrected chi connectivity index (χ2v) is 8.42. The van der Waals surface area contributed by atoms with Crippen molar-refractivity contribution in [3.63, 3.8) is 0 Å². The van der Waals surface area contributed by atoms with Gasteiger partial charge in [-0.3, -0.25) is 4.99 Å². The smallest absolute Gasteiger partial charge is 0.211 e. The minimum atomic E-state index is -3.10. The summed E-state index contributed by atoms with van der Waals surface area (Å²) in [6.07, 6.45) is 8.44. The zero-order valence-corrected chi connectivity index (χ0v) is 19.4. The fraction of sp³-hybridized carbons (Fsp3) is 0.941. The third-order valence-electron chi connectivity index (χ3n) is 4.17. The monoisotopic (exact) mass is 504 g/mol. The van der Waals surface area contributed by atoms with Gasteiger partial charge in [-0.05, 0) is 39.5 Å². The van der Waals surface area contributed by atoms with Gasteiger partial charge in [-0.1, -0.05) is 19.3 Å². The summed E-state index contributed by atoms with van der Waals surface area (Å²) >= 11 is 0. The first-order valence-corrected chi connectivity index (χ1v) is 11.3. The fourth-order valence-corrected chi connectivity index (χ4v) is 3.36. The first kappa shape index (κ1) is 25.9. The summed E-state index contributed by atoms with van der Waals surface area (Å²) in [6, 6.07) is 0. The standard InChI is InChI=1S/C17H36N4O3S.HI/c1-3-18-17(19-12-8-14-21-25(22,23)4-2)20-13-9-15-24-16-10-6-5-7-11-16;/h16,21H,3-15H2,1-2H3,(H2,18,19,20);1H. The largest absolute Gasteiger partial charge is 0.378 e. The molecule has 1 saturated carbocycles. The molecule has 1 aliphatic rings. The van der Waals surface area contributed by atoms with E-state index in [-0.39, 0.29) is 29.7 Å². The molecule has 0 heterocycles. The lowest BCUT2D eigenvalue weighted by molar-refractivity contribution is 0.0281. The fourth-order valence-electron chi connectivity index (χ4n) is 2.70. The molecule has 0 atom stereocenters. The molecule has 0 bridgehead atoms. The number of nitrogens with one attached hydrogen (secondary N) is 3. The molecular formula is C17H37IN4O3S. The van der Waals surface area contributed by atoms with Crippen LogP contribution in [-0.4, -0.2) is 59.0 Å². The van der Waals surface area contributed by atoms with Gasteiger partial charge in [0.1, 0.15) is 0 Å². The van der Waals surface area contributed by atoms with Crippen LogP contribution in [0.1, 0.15) is 58.8 Å². The van der Waals surface area contributed by atoms with Crippen molar-refractivity contribution >= 4 is 40.0 Å². The molecule has 0 amide bonds. The number of hydrogen-bond acceptors (Lipinski definition) is 4. The van der Waals surface area contributed by atoms with E-state index in [1.807, 2.05) is 6.92 Å². The summed E-state index contributed by atoms with van der Waals surface area (Å²) < 4.78 is 31.1. The molecule has 0 saturated heterocycles. The summed E-state index contributed by atoms with van der Waals surface area (Å²) in [5.41, 5.74) is 0. The summed E-state index contributed by atoms with van der Waals surface area (Å²) in [4.78, 5) is 4.53. The van der Waals surface area contributed by atoms with Crippen LogP contribution in [0, 0.1) is 0 Å². The van der Waals surface area contributed by atoms with Crippen LogP contribution in [0.4, 0.5) is 0 Å². The molecule has 7 nitrogen and oxygen atoms in total. The van der Waals surface area contributed by atoms with Crippen molar-refractivity contribution in [3.05, 3.63) is 0 Å². The van der Waals surface area contributed by atoms with E-state index in [9.17, 15) is 8.42 Å². The zero-order chi connectivity index (χ0) is 18.4. The molecule has 0 unspecified atom stereocenters. The first-order chi connectivity index (χ1) is 12.1. The Bertz CT molecular complexity index is 469. The Morgan fingerprint density at radius 2 is 1.81 bits per heavy atom. The van der Waals surface area contributed by atoms with Crippen molar-refractivity contribution in [2.75, 3.05) is 38.5 Å². The van der Waals surface area contributed by atoms with Crippen LogP contribution in [0.15, 0.2) is 4.99 Å². The van der Waals surface area contributed by atoms with Gasteiger partial charge < -0.3 is 15.4 Å². The minimum Gasteiger partial charge on any atom is -0.378 e. The van der Waals surface area contributed by atoms with Crippen molar-refractivity contribution in [3.8, 4) is 0 Å². The number of sulfonamides is 1. The van der Waals surface area contributed by atoms with E-state index >= 15 is 0 Å². The normalized spacial score (nSPS) is 16.2. The maximum absolute atomic E-state index is 11.3. The van der Waals surface area contributed by atoms with Crippen LogP contribution >= 0.6 is 24.0 Å². The summed E-state index contributed by atoms with van der Waals surface area (Å²) in [7, 11) is -3.10. The predicted molar refractivity (Wildman–Crippen MR) is 119 cm³/mol. The first-order valence-electron chi connectivity index (χ1n) is 9.68. The Hall–Kier alpha value is -0.130. The quantitative estimate of drug-likeness (QED) is 0.164. The van der Waals surface area contributed by atoms with E-state index < -0.39 is 10.0 Å². The summed E-state index contributed by atoms with van der Waals surface area (Å²) in [5, 5.41) is 6.43. The molecule has 0 aromatic rings. The number of guanidine groups is 1. The highest BCUT2D eigenvalue weighted by atomic mass is 127. The molecule has 9 heteroatoms. The topological polar surface area (TPSA) is 91.8 Å². The molecule has 26 heavy (non-hydrogen) atoms. The van der Waals surface area contributed by atoms with E-state index in [0.29, 0.717) is 25.6 Å². The van der Waals surface area contributed by atoms with Crippen molar-refractivity contribution in [2.24, 2.45) is 4.99 Å². The van der Waals surface area contributed by atoms with Gasteiger partial charge in [0.05, 0.1) is 11.9 Å². The van der Waals surface area contributed by atoms with Gasteiger partial charge in [0.15, 0.2) is 5.96 Å². The lowest BCUT2D eigenvalue weighted by Crippen LogP contribution is -2.39. The third kappa shape index (κ3) is 13.1. The number of hydrogen-bond donors (Lipinski definition) is 3. The predicted octanol–water partition coefficient (Wildman–Crippen LogP) is 2.23. The molecular weight excluding hydrogens is 467 g/mol. The van der Waals surface area contributed by atoms with Gasteiger partial charge in [0.25, 0.3) is 0 Å². The number of halogens is 1. The van der Waals surface area contributed by atoms with E-state index in [0.717, 1.165) is 32.1 Å². The van der Waals surface area contributed by atoms with Gasteiger partial charge in [0, 0.05) is 32.8 Å². The van der Waals surface area contributed by atoms with Crippen LogP contribution in [0.3, 0.4) is 0 Å². The van der Waals surface area contributed by atoms with Gasteiger partial charge in [-0.25, -0.2) is 13.1 Å². The van der Waals surface area contributed by atoms with Gasteiger partial charge >= 0.3 is 0 Å². The highest BCUT2D eigenvalue weighted by molar-refractivity contribution is 14.0. The zero-order valence-electron chi connectivity index (χ0n) is 16.3. The van der Waals surface area contributed by atoms with Crippen molar-refractivity contribution in [1.82, 2.24) is 15.4 Å². The molecule has 0 radical (unpaired) electrons. The molecule has 3 N–H and O–H groups in total. The average Bonchev–Trinajstić information content (AvgIpc) is 2.62. The molecule has 0 aliphatic heterocycles. The lowest BCUT2D eigenvalue weighted by atomic mass is 9.98. The minimum absolute atomic E-state index is 0. The lowest BCUT2D eigenvalue weighted by Gasteiger charge is -2.21. The van der Waals surface area contributed by atoms with E-state index in [1.54, 1.807) is 6.92 Å². The molecule has 0 aromatic carbocycles. The van der Waals surface area contributed by atoms with E-state index in [2.05, 4.69) is 20.3 Å². The Labute approximate surface area is 176 Å². The third-order valence-corrected chi connectivity index (χ3v) is 5.57. The van der Waals surface area contributed by atoms with Crippen molar-refractivity contribution < 1.29 is 13.2 Å². The van der Waals surface area contributed by atoms with Crippen LogP contribution in [-0.2, 0) is 14.8 Å². The van der Waals surface area contributed by atoms with Gasteiger partial charge in [-0.2, -0.15) is 0 Å². The average molecular weight is 504 g/mol. The molecule has 0 aromatic heterocycles. The van der Waals surface area contributed by atoms with Gasteiger partial charge in [-0.15, -0.1) is 24.0 Å². The van der Waals surface area contributed by atoms with E-state index in [4.69, 9.17) is 4.74 Å². The summed E-state index contributed by atoms with van der Waals surface area (Å²) in [5.74, 6) is 0.895. The number of nitrogens with zero attached hydrogens (tertiary/aromatic N) is 1. The number of ether oxygens (including phenoxy) is 1.